The van der Waals surface area contributed by atoms with Gasteiger partial charge in [-0.1, -0.05) is 49.7 Å². The molecule has 2 rings (SSSR count). The molecule has 6 heteroatoms. The predicted octanol–water partition coefficient (Wildman–Crippen LogP) is 4.82. The highest BCUT2D eigenvalue weighted by Gasteiger charge is 2.47. The minimum Gasteiger partial charge on any atom is -0.466 e. The van der Waals surface area contributed by atoms with Gasteiger partial charge in [0.05, 0.1) is 12.1 Å². The van der Waals surface area contributed by atoms with Gasteiger partial charge in [-0.05, 0) is 47.9 Å². The average molecular weight is 419 g/mol. The van der Waals surface area contributed by atoms with Crippen LogP contribution in [0.15, 0.2) is 59.7 Å². The highest BCUT2D eigenvalue weighted by Crippen LogP contribution is 2.45. The lowest BCUT2D eigenvalue weighted by atomic mass is 9.64. The van der Waals surface area contributed by atoms with Gasteiger partial charge in [0, 0.05) is 17.9 Å². The molecule has 1 aromatic carbocycles. The minimum atomic E-state index is -1.47. The molecule has 0 unspecified atom stereocenters. The Hall–Kier alpha value is -2.50. The number of ketones is 1. The number of aliphatic hydroxyl groups is 1. The summed E-state index contributed by atoms with van der Waals surface area (Å²) in [6, 6.07) is 4.26. The van der Waals surface area contributed by atoms with Crippen LogP contribution in [0.4, 0.5) is 4.39 Å². The van der Waals surface area contributed by atoms with Crippen LogP contribution >= 0.6 is 11.6 Å². The molecular weight excluding hydrogens is 395 g/mol. The SMILES string of the molecule is COC(=O)/C=C(C)\C=C\[C@@]1(O)C(/C=C/c2ccc(F)c(Cl)c2)=CC(=O)CC1(C)C. The fourth-order valence-corrected chi connectivity index (χ4v) is 3.33. The van der Waals surface area contributed by atoms with E-state index in [1.807, 2.05) is 0 Å². The molecule has 0 bridgehead atoms. The largest absolute Gasteiger partial charge is 0.466 e. The maximum Gasteiger partial charge on any atom is 0.330 e. The van der Waals surface area contributed by atoms with E-state index in [1.165, 1.54) is 31.4 Å². The third-order valence-electron chi connectivity index (χ3n) is 4.94. The quantitative estimate of drug-likeness (QED) is 0.423. The molecule has 29 heavy (non-hydrogen) atoms. The maximum absolute atomic E-state index is 13.4. The van der Waals surface area contributed by atoms with E-state index >= 15 is 0 Å². The molecule has 1 aliphatic carbocycles. The Kier molecular flexibility index (Phi) is 6.98. The molecule has 0 amide bonds. The molecule has 0 spiro atoms. The third-order valence-corrected chi connectivity index (χ3v) is 5.23. The van der Waals surface area contributed by atoms with Crippen molar-refractivity contribution in [3.05, 3.63) is 76.1 Å². The number of hydrogen-bond acceptors (Lipinski definition) is 4. The van der Waals surface area contributed by atoms with Crippen molar-refractivity contribution in [1.29, 1.82) is 0 Å². The summed E-state index contributed by atoms with van der Waals surface area (Å²) in [6.07, 6.45) is 9.32. The Morgan fingerprint density at radius 1 is 1.31 bits per heavy atom. The summed E-state index contributed by atoms with van der Waals surface area (Å²) in [5.41, 5.74) is -0.651. The van der Waals surface area contributed by atoms with Crippen LogP contribution in [-0.2, 0) is 14.3 Å². The van der Waals surface area contributed by atoms with Crippen LogP contribution in [0.1, 0.15) is 32.8 Å². The standard InChI is InChI=1S/C23H24ClFO4/c1-15(11-21(27)29-4)9-10-23(28)17(13-18(26)14-22(23,2)3)7-5-16-6-8-20(25)19(24)12-16/h5-13,28H,14H2,1-4H3/b7-5+,10-9+,15-11-/t23-/m1/s1. The van der Waals surface area contributed by atoms with Crippen LogP contribution in [0, 0.1) is 11.2 Å². The molecule has 0 aliphatic heterocycles. The lowest BCUT2D eigenvalue weighted by molar-refractivity contribution is -0.134. The van der Waals surface area contributed by atoms with Crippen molar-refractivity contribution in [2.45, 2.75) is 32.8 Å². The molecule has 1 aliphatic rings. The van der Waals surface area contributed by atoms with Gasteiger partial charge in [-0.2, -0.15) is 0 Å². The molecule has 0 aromatic heterocycles. The topological polar surface area (TPSA) is 63.6 Å². The van der Waals surface area contributed by atoms with Gasteiger partial charge in [-0.25, -0.2) is 9.18 Å². The number of carbonyl (C=O) groups is 2. The van der Waals surface area contributed by atoms with E-state index in [0.717, 1.165) is 0 Å². The number of allylic oxidation sites excluding steroid dienone is 3. The van der Waals surface area contributed by atoms with Crippen molar-refractivity contribution in [2.75, 3.05) is 7.11 Å². The Balaban J connectivity index is 2.44. The lowest BCUT2D eigenvalue weighted by Crippen LogP contribution is -2.48. The second-order valence-corrected chi connectivity index (χ2v) is 8.05. The second kappa shape index (κ2) is 8.89. The van der Waals surface area contributed by atoms with Gasteiger partial charge in [-0.15, -0.1) is 0 Å². The summed E-state index contributed by atoms with van der Waals surface area (Å²) in [6.45, 7) is 5.30. The van der Waals surface area contributed by atoms with Crippen LogP contribution in [0.3, 0.4) is 0 Å². The Labute approximate surface area is 175 Å². The minimum absolute atomic E-state index is 0.0140. The molecule has 0 radical (unpaired) electrons. The first-order valence-corrected chi connectivity index (χ1v) is 9.42. The van der Waals surface area contributed by atoms with Crippen LogP contribution in [0.5, 0.6) is 0 Å². The fraction of sp³-hybridized carbons (Fsp3) is 0.304. The first kappa shape index (κ1) is 22.8. The maximum atomic E-state index is 13.4. The first-order chi connectivity index (χ1) is 13.5. The van der Waals surface area contributed by atoms with Crippen LogP contribution in [0.2, 0.25) is 5.02 Å². The summed E-state index contributed by atoms with van der Waals surface area (Å²) in [5, 5.41) is 11.5. The predicted molar refractivity (Wildman–Crippen MR) is 112 cm³/mol. The molecule has 1 N–H and O–H groups in total. The molecule has 0 saturated heterocycles. The van der Waals surface area contributed by atoms with E-state index in [-0.39, 0.29) is 17.2 Å². The van der Waals surface area contributed by atoms with Crippen LogP contribution < -0.4 is 0 Å². The molecule has 0 heterocycles. The number of hydrogen-bond donors (Lipinski definition) is 1. The van der Waals surface area contributed by atoms with Crippen molar-refractivity contribution in [3.8, 4) is 0 Å². The van der Waals surface area contributed by atoms with E-state index in [1.54, 1.807) is 51.1 Å². The zero-order valence-electron chi connectivity index (χ0n) is 16.8. The normalized spacial score (nSPS) is 22.2. The summed E-state index contributed by atoms with van der Waals surface area (Å²) < 4.78 is 18.0. The third kappa shape index (κ3) is 5.31. The summed E-state index contributed by atoms with van der Waals surface area (Å²) in [5.74, 6) is -1.13. The summed E-state index contributed by atoms with van der Waals surface area (Å²) >= 11 is 5.82. The summed E-state index contributed by atoms with van der Waals surface area (Å²) in [4.78, 5) is 23.6. The van der Waals surface area contributed by atoms with E-state index in [4.69, 9.17) is 11.6 Å². The van der Waals surface area contributed by atoms with Gasteiger partial charge in [0.25, 0.3) is 0 Å². The van der Waals surface area contributed by atoms with E-state index in [2.05, 4.69) is 4.74 Å². The fourth-order valence-electron chi connectivity index (χ4n) is 3.14. The molecular formula is C23H24ClFO4. The van der Waals surface area contributed by atoms with Gasteiger partial charge >= 0.3 is 5.97 Å². The Bertz CT molecular complexity index is 940. The molecule has 0 saturated carbocycles. The van der Waals surface area contributed by atoms with Crippen molar-refractivity contribution in [3.63, 3.8) is 0 Å². The highest BCUT2D eigenvalue weighted by molar-refractivity contribution is 6.30. The van der Waals surface area contributed by atoms with Crippen LogP contribution in [0.25, 0.3) is 6.08 Å². The van der Waals surface area contributed by atoms with E-state index in [0.29, 0.717) is 16.7 Å². The van der Waals surface area contributed by atoms with Gasteiger partial charge in [-0.3, -0.25) is 4.79 Å². The van der Waals surface area contributed by atoms with Crippen molar-refractivity contribution in [1.82, 2.24) is 0 Å². The highest BCUT2D eigenvalue weighted by atomic mass is 35.5. The molecule has 0 fully saturated rings. The van der Waals surface area contributed by atoms with E-state index < -0.39 is 22.8 Å². The van der Waals surface area contributed by atoms with Crippen molar-refractivity contribution < 1.29 is 23.8 Å². The monoisotopic (exact) mass is 418 g/mol. The van der Waals surface area contributed by atoms with E-state index in [9.17, 15) is 19.1 Å². The van der Waals surface area contributed by atoms with Gasteiger partial charge in [0.15, 0.2) is 5.78 Å². The summed E-state index contributed by atoms with van der Waals surface area (Å²) in [7, 11) is 1.28. The van der Waals surface area contributed by atoms with Gasteiger partial charge in [0.2, 0.25) is 0 Å². The molecule has 154 valence electrons. The Morgan fingerprint density at radius 3 is 2.62 bits per heavy atom. The first-order valence-electron chi connectivity index (χ1n) is 9.04. The Morgan fingerprint density at radius 2 is 2.00 bits per heavy atom. The average Bonchev–Trinajstić information content (AvgIpc) is 2.64. The second-order valence-electron chi connectivity index (χ2n) is 7.64. The number of halogens is 2. The van der Waals surface area contributed by atoms with Crippen molar-refractivity contribution in [2.24, 2.45) is 5.41 Å². The number of esters is 1. The smallest absolute Gasteiger partial charge is 0.330 e. The molecule has 4 nitrogen and oxygen atoms in total. The van der Waals surface area contributed by atoms with Gasteiger partial charge in [0.1, 0.15) is 11.4 Å². The van der Waals surface area contributed by atoms with Crippen molar-refractivity contribution >= 4 is 29.4 Å². The number of rotatable bonds is 5. The molecule has 1 aromatic rings. The number of carbonyl (C=O) groups excluding carboxylic acids is 2. The number of ether oxygens (including phenoxy) is 1. The molecule has 1 atom stereocenters. The number of methoxy groups -OCH3 is 1. The number of benzene rings is 1. The van der Waals surface area contributed by atoms with Gasteiger partial charge < -0.3 is 9.84 Å². The zero-order valence-corrected chi connectivity index (χ0v) is 17.6. The van der Waals surface area contributed by atoms with Crippen LogP contribution in [-0.4, -0.2) is 29.6 Å². The lowest BCUT2D eigenvalue weighted by Gasteiger charge is -2.44. The zero-order chi connectivity index (χ0) is 21.8.